The smallest absolute Gasteiger partial charge is 0.124 e. The Labute approximate surface area is 114 Å². The lowest BCUT2D eigenvalue weighted by Crippen LogP contribution is -2.18. The van der Waals surface area contributed by atoms with Crippen LogP contribution in [0.3, 0.4) is 0 Å². The Morgan fingerprint density at radius 3 is 2.78 bits per heavy atom. The van der Waals surface area contributed by atoms with E-state index in [0.29, 0.717) is 0 Å². The summed E-state index contributed by atoms with van der Waals surface area (Å²) in [7, 11) is 3.76. The Bertz CT molecular complexity index is 519. The molecule has 3 nitrogen and oxygen atoms in total. The van der Waals surface area contributed by atoms with Gasteiger partial charge in [0.25, 0.3) is 0 Å². The van der Waals surface area contributed by atoms with Crippen LogP contribution < -0.4 is 5.32 Å². The second-order valence-corrected chi connectivity index (χ2v) is 5.19. The lowest BCUT2D eigenvalue weighted by atomic mass is 10.0. The molecule has 1 heterocycles. The largest absolute Gasteiger partial charge is 0.313 e. The quantitative estimate of drug-likeness (QED) is 0.941. The molecular weight excluding hydrogens is 297 g/mol. The van der Waals surface area contributed by atoms with Gasteiger partial charge in [-0.25, -0.2) is 4.39 Å². The predicted octanol–water partition coefficient (Wildman–Crippen LogP) is 2.82. The van der Waals surface area contributed by atoms with Gasteiger partial charge in [0.05, 0.1) is 6.20 Å². The third kappa shape index (κ3) is 3.17. The summed E-state index contributed by atoms with van der Waals surface area (Å²) in [5.41, 5.74) is 2.05. The molecule has 0 bridgehead atoms. The fraction of sp³-hybridized carbons (Fsp3) is 0.308. The molecule has 2 aromatic rings. The van der Waals surface area contributed by atoms with Crippen molar-refractivity contribution in [1.29, 1.82) is 0 Å². The molecular formula is C13H15BrFN3. The Hall–Kier alpha value is -1.20. The number of aromatic nitrogens is 2. The number of benzene rings is 1. The molecule has 0 aliphatic rings. The van der Waals surface area contributed by atoms with Gasteiger partial charge in [0.2, 0.25) is 0 Å². The van der Waals surface area contributed by atoms with Gasteiger partial charge in [0.15, 0.2) is 0 Å². The highest BCUT2D eigenvalue weighted by molar-refractivity contribution is 9.10. The third-order valence-corrected chi connectivity index (χ3v) is 3.29. The number of rotatable bonds is 4. The minimum absolute atomic E-state index is 0.0706. The van der Waals surface area contributed by atoms with Crippen LogP contribution in [0.25, 0.3) is 0 Å². The maximum Gasteiger partial charge on any atom is 0.124 e. The molecule has 0 saturated heterocycles. The van der Waals surface area contributed by atoms with E-state index in [4.69, 9.17) is 0 Å². The van der Waals surface area contributed by atoms with Gasteiger partial charge in [-0.3, -0.25) is 4.68 Å². The van der Waals surface area contributed by atoms with Crippen LogP contribution in [0.15, 0.2) is 35.1 Å². The molecule has 1 aromatic carbocycles. The molecule has 2 rings (SSSR count). The van der Waals surface area contributed by atoms with Crippen molar-refractivity contribution in [2.75, 3.05) is 7.05 Å². The zero-order valence-corrected chi connectivity index (χ0v) is 11.9. The number of nitrogens with zero attached hydrogens (tertiary/aromatic N) is 2. The van der Waals surface area contributed by atoms with Crippen LogP contribution in [0.1, 0.15) is 17.2 Å². The predicted molar refractivity (Wildman–Crippen MR) is 72.8 cm³/mol. The highest BCUT2D eigenvalue weighted by Crippen LogP contribution is 2.23. The molecule has 0 amide bonds. The normalized spacial score (nSPS) is 12.7. The lowest BCUT2D eigenvalue weighted by Gasteiger charge is -2.16. The second kappa shape index (κ2) is 5.63. The van der Waals surface area contributed by atoms with Crippen molar-refractivity contribution < 1.29 is 4.39 Å². The van der Waals surface area contributed by atoms with Crippen molar-refractivity contribution in [1.82, 2.24) is 15.1 Å². The highest BCUT2D eigenvalue weighted by atomic mass is 79.9. The SMILES string of the molecule is CNC(Cc1cnn(C)c1)c1cc(F)cc(Br)c1. The van der Waals surface area contributed by atoms with Gasteiger partial charge in [0.1, 0.15) is 5.82 Å². The molecule has 1 unspecified atom stereocenters. The first-order valence-corrected chi connectivity index (χ1v) is 6.48. The molecule has 0 aliphatic heterocycles. The first kappa shape index (κ1) is 13.2. The molecule has 0 spiro atoms. The molecule has 0 aliphatic carbocycles. The van der Waals surface area contributed by atoms with E-state index >= 15 is 0 Å². The Balaban J connectivity index is 2.22. The third-order valence-electron chi connectivity index (χ3n) is 2.83. The van der Waals surface area contributed by atoms with Crippen LogP contribution in [0.4, 0.5) is 4.39 Å². The first-order chi connectivity index (χ1) is 8.58. The average molecular weight is 312 g/mol. The molecule has 5 heteroatoms. The van der Waals surface area contributed by atoms with Crippen molar-refractivity contribution >= 4 is 15.9 Å². The van der Waals surface area contributed by atoms with E-state index in [0.717, 1.165) is 22.0 Å². The second-order valence-electron chi connectivity index (χ2n) is 4.27. The van der Waals surface area contributed by atoms with Crippen LogP contribution in [0.2, 0.25) is 0 Å². The Kier molecular flexibility index (Phi) is 4.14. The Morgan fingerprint density at radius 1 is 1.44 bits per heavy atom. The van der Waals surface area contributed by atoms with E-state index in [1.807, 2.05) is 32.6 Å². The highest BCUT2D eigenvalue weighted by Gasteiger charge is 2.12. The fourth-order valence-electron chi connectivity index (χ4n) is 1.98. The summed E-state index contributed by atoms with van der Waals surface area (Å²) in [4.78, 5) is 0. The summed E-state index contributed by atoms with van der Waals surface area (Å²) in [5.74, 6) is -0.231. The van der Waals surface area contributed by atoms with E-state index < -0.39 is 0 Å². The summed E-state index contributed by atoms with van der Waals surface area (Å²) < 4.78 is 15.9. The van der Waals surface area contributed by atoms with Crippen LogP contribution in [-0.2, 0) is 13.5 Å². The standard InChI is InChI=1S/C13H15BrFN3/c1-16-13(3-9-7-17-18(2)8-9)10-4-11(14)6-12(15)5-10/h4-8,13,16H,3H2,1-2H3. The van der Waals surface area contributed by atoms with Gasteiger partial charge in [-0.2, -0.15) is 5.10 Å². The van der Waals surface area contributed by atoms with E-state index in [2.05, 4.69) is 26.3 Å². The number of hydrogen-bond donors (Lipinski definition) is 1. The number of halogens is 2. The van der Waals surface area contributed by atoms with Crippen molar-refractivity contribution in [3.8, 4) is 0 Å². The molecule has 1 N–H and O–H groups in total. The minimum Gasteiger partial charge on any atom is -0.313 e. The number of hydrogen-bond acceptors (Lipinski definition) is 2. The molecule has 18 heavy (non-hydrogen) atoms. The molecule has 0 saturated carbocycles. The molecule has 1 atom stereocenters. The molecule has 96 valence electrons. The van der Waals surface area contributed by atoms with Crippen LogP contribution in [0.5, 0.6) is 0 Å². The maximum atomic E-state index is 13.4. The van der Waals surface area contributed by atoms with Gasteiger partial charge in [0, 0.05) is 23.8 Å². The summed E-state index contributed by atoms with van der Waals surface area (Å²) in [6, 6.07) is 5.02. The summed E-state index contributed by atoms with van der Waals surface area (Å²) >= 11 is 3.32. The van der Waals surface area contributed by atoms with Crippen molar-refractivity contribution in [2.45, 2.75) is 12.5 Å². The van der Waals surface area contributed by atoms with Gasteiger partial charge >= 0.3 is 0 Å². The summed E-state index contributed by atoms with van der Waals surface area (Å²) in [6.45, 7) is 0. The average Bonchev–Trinajstić information content (AvgIpc) is 2.70. The number of nitrogens with one attached hydrogen (secondary N) is 1. The zero-order valence-electron chi connectivity index (χ0n) is 10.3. The van der Waals surface area contributed by atoms with Crippen molar-refractivity contribution in [3.05, 3.63) is 52.0 Å². The van der Waals surface area contributed by atoms with E-state index in [1.165, 1.54) is 6.07 Å². The van der Waals surface area contributed by atoms with Gasteiger partial charge in [-0.15, -0.1) is 0 Å². The monoisotopic (exact) mass is 311 g/mol. The Morgan fingerprint density at radius 2 is 2.22 bits per heavy atom. The van der Waals surface area contributed by atoms with Crippen LogP contribution >= 0.6 is 15.9 Å². The zero-order chi connectivity index (χ0) is 13.1. The van der Waals surface area contributed by atoms with Crippen molar-refractivity contribution in [2.24, 2.45) is 7.05 Å². The van der Waals surface area contributed by atoms with Crippen molar-refractivity contribution in [3.63, 3.8) is 0 Å². The topological polar surface area (TPSA) is 29.9 Å². The van der Waals surface area contributed by atoms with E-state index in [1.54, 1.807) is 10.7 Å². The lowest BCUT2D eigenvalue weighted by molar-refractivity contribution is 0.576. The fourth-order valence-corrected chi connectivity index (χ4v) is 2.46. The van der Waals surface area contributed by atoms with E-state index in [9.17, 15) is 4.39 Å². The molecule has 1 aromatic heterocycles. The molecule has 0 fully saturated rings. The first-order valence-electron chi connectivity index (χ1n) is 5.69. The minimum atomic E-state index is -0.231. The molecule has 0 radical (unpaired) electrons. The van der Waals surface area contributed by atoms with Crippen LogP contribution in [-0.4, -0.2) is 16.8 Å². The van der Waals surface area contributed by atoms with E-state index in [-0.39, 0.29) is 11.9 Å². The van der Waals surface area contributed by atoms with Gasteiger partial charge < -0.3 is 5.32 Å². The van der Waals surface area contributed by atoms with Gasteiger partial charge in [-0.1, -0.05) is 15.9 Å². The summed E-state index contributed by atoms with van der Waals surface area (Å²) in [6.07, 6.45) is 4.58. The number of likely N-dealkylation sites (N-methyl/N-ethyl adjacent to an activating group) is 1. The maximum absolute atomic E-state index is 13.4. The van der Waals surface area contributed by atoms with Crippen LogP contribution in [0, 0.1) is 5.82 Å². The summed E-state index contributed by atoms with van der Waals surface area (Å²) in [5, 5.41) is 7.34. The number of aryl methyl sites for hydroxylation is 1. The van der Waals surface area contributed by atoms with Gasteiger partial charge in [-0.05, 0) is 42.8 Å².